The Bertz CT molecular complexity index is 632. The molecule has 146 valence electrons. The van der Waals surface area contributed by atoms with Crippen molar-refractivity contribution in [1.29, 1.82) is 0 Å². The second kappa shape index (κ2) is 6.95. The highest BCUT2D eigenvalue weighted by molar-refractivity contribution is 5.92. The van der Waals surface area contributed by atoms with Gasteiger partial charge in [-0.05, 0) is 61.9 Å². The van der Waals surface area contributed by atoms with Crippen LogP contribution in [0.2, 0.25) is 0 Å². The topological polar surface area (TPSA) is 63.6 Å². The van der Waals surface area contributed by atoms with E-state index < -0.39 is 5.60 Å². The van der Waals surface area contributed by atoms with Crippen molar-refractivity contribution in [2.24, 2.45) is 22.7 Å². The maximum Gasteiger partial charge on any atom is 0.302 e. The maximum atomic E-state index is 12.4. The maximum absolute atomic E-state index is 12.4. The van der Waals surface area contributed by atoms with Crippen molar-refractivity contribution in [1.82, 2.24) is 0 Å². The highest BCUT2D eigenvalue weighted by Crippen LogP contribution is 2.62. The predicted octanol–water partition coefficient (Wildman–Crippen LogP) is 4.22. The zero-order chi connectivity index (χ0) is 19.9. The van der Waals surface area contributed by atoms with Crippen LogP contribution in [0.5, 0.6) is 0 Å². The van der Waals surface area contributed by atoms with E-state index in [4.69, 9.17) is 4.74 Å². The van der Waals surface area contributed by atoms with Crippen LogP contribution in [0.4, 0.5) is 0 Å². The molecule has 0 amide bonds. The number of ether oxygens (including phenoxy) is 1. The lowest BCUT2D eigenvalue weighted by Crippen LogP contribution is -2.57. The van der Waals surface area contributed by atoms with E-state index in [1.54, 1.807) is 19.1 Å². The second-order valence-corrected chi connectivity index (χ2v) is 9.18. The minimum atomic E-state index is -0.947. The van der Waals surface area contributed by atoms with E-state index in [1.165, 1.54) is 6.92 Å². The van der Waals surface area contributed by atoms with Gasteiger partial charge in [0, 0.05) is 13.3 Å². The molecule has 0 heterocycles. The summed E-state index contributed by atoms with van der Waals surface area (Å²) in [4.78, 5) is 24.0. The third-order valence-corrected chi connectivity index (χ3v) is 7.40. The van der Waals surface area contributed by atoms with Gasteiger partial charge in [-0.3, -0.25) is 9.59 Å². The summed E-state index contributed by atoms with van der Waals surface area (Å²) in [5, 5.41) is 10.4. The Balaban J connectivity index is 2.47. The normalized spacial score (nSPS) is 39.4. The largest absolute Gasteiger partial charge is 0.462 e. The van der Waals surface area contributed by atoms with Crippen LogP contribution in [0, 0.1) is 22.7 Å². The molecule has 1 fully saturated rings. The van der Waals surface area contributed by atoms with E-state index in [-0.39, 0.29) is 40.5 Å². The van der Waals surface area contributed by atoms with Gasteiger partial charge >= 0.3 is 5.97 Å². The van der Waals surface area contributed by atoms with Crippen LogP contribution < -0.4 is 0 Å². The molecule has 1 saturated carbocycles. The Hall–Kier alpha value is -1.42. The summed E-state index contributed by atoms with van der Waals surface area (Å²) in [6, 6.07) is 0. The molecular weight excluding hydrogens is 328 g/mol. The lowest BCUT2D eigenvalue weighted by molar-refractivity contribution is -0.172. The van der Waals surface area contributed by atoms with Crippen molar-refractivity contribution in [2.75, 3.05) is 0 Å². The van der Waals surface area contributed by atoms with Crippen molar-refractivity contribution >= 4 is 11.8 Å². The summed E-state index contributed by atoms with van der Waals surface area (Å²) < 4.78 is 5.71. The smallest absolute Gasteiger partial charge is 0.302 e. The molecule has 2 aliphatic rings. The zero-order valence-electron chi connectivity index (χ0n) is 17.1. The highest BCUT2D eigenvalue weighted by atomic mass is 16.5. The van der Waals surface area contributed by atoms with Gasteiger partial charge in [-0.1, -0.05) is 32.4 Å². The van der Waals surface area contributed by atoms with E-state index in [2.05, 4.69) is 27.4 Å². The van der Waals surface area contributed by atoms with Crippen LogP contribution >= 0.6 is 0 Å². The number of allylic oxidation sites excluding steroid dienone is 2. The van der Waals surface area contributed by atoms with E-state index in [1.807, 2.05) is 6.92 Å². The summed E-state index contributed by atoms with van der Waals surface area (Å²) in [5.41, 5.74) is -0.290. The van der Waals surface area contributed by atoms with Gasteiger partial charge in [-0.2, -0.15) is 0 Å². The first kappa shape index (κ1) is 20.9. The van der Waals surface area contributed by atoms with E-state index in [9.17, 15) is 14.7 Å². The molecule has 0 spiro atoms. The van der Waals surface area contributed by atoms with E-state index in [0.29, 0.717) is 12.8 Å². The predicted molar refractivity (Wildman–Crippen MR) is 102 cm³/mol. The number of esters is 1. The average Bonchev–Trinajstić information content (AvgIpc) is 2.53. The molecule has 6 atom stereocenters. The van der Waals surface area contributed by atoms with Gasteiger partial charge in [-0.25, -0.2) is 0 Å². The SMILES string of the molecule is C=C[C@@](C)(O)CC[C@]1(C)[C@@H](C)[C@H](OC(C)=O)C[C@@]2(C)C(C)=CC(=O)C[C@@H]12. The third-order valence-electron chi connectivity index (χ3n) is 7.40. The van der Waals surface area contributed by atoms with Gasteiger partial charge in [0.1, 0.15) is 6.10 Å². The van der Waals surface area contributed by atoms with Gasteiger partial charge in [0.15, 0.2) is 5.78 Å². The molecular formula is C22H34O4. The van der Waals surface area contributed by atoms with Gasteiger partial charge in [0.05, 0.1) is 5.60 Å². The quantitative estimate of drug-likeness (QED) is 0.587. The Morgan fingerprint density at radius 2 is 2.12 bits per heavy atom. The number of carbonyl (C=O) groups is 2. The Morgan fingerprint density at radius 1 is 1.50 bits per heavy atom. The number of ketones is 1. The van der Waals surface area contributed by atoms with Crippen molar-refractivity contribution in [3.8, 4) is 0 Å². The fourth-order valence-corrected chi connectivity index (χ4v) is 5.15. The number of hydrogen-bond acceptors (Lipinski definition) is 4. The first-order chi connectivity index (χ1) is 11.9. The molecule has 0 aromatic carbocycles. The molecule has 0 aromatic heterocycles. The monoisotopic (exact) mass is 362 g/mol. The average molecular weight is 363 g/mol. The van der Waals surface area contributed by atoms with E-state index >= 15 is 0 Å². The molecule has 2 rings (SSSR count). The fourth-order valence-electron chi connectivity index (χ4n) is 5.15. The Labute approximate surface area is 157 Å². The van der Waals surface area contributed by atoms with Crippen molar-refractivity contribution in [3.05, 3.63) is 24.3 Å². The van der Waals surface area contributed by atoms with Gasteiger partial charge in [0.2, 0.25) is 0 Å². The van der Waals surface area contributed by atoms with Gasteiger partial charge in [0.25, 0.3) is 0 Å². The lowest BCUT2D eigenvalue weighted by Gasteiger charge is -2.59. The molecule has 2 aliphatic carbocycles. The van der Waals surface area contributed by atoms with Gasteiger partial charge in [-0.15, -0.1) is 6.58 Å². The number of hydrogen-bond donors (Lipinski definition) is 1. The van der Waals surface area contributed by atoms with Crippen molar-refractivity contribution in [2.45, 2.75) is 78.9 Å². The Morgan fingerprint density at radius 3 is 2.65 bits per heavy atom. The Kier molecular flexibility index (Phi) is 5.59. The first-order valence-corrected chi connectivity index (χ1v) is 9.60. The number of aliphatic hydroxyl groups is 1. The zero-order valence-corrected chi connectivity index (χ0v) is 17.1. The molecule has 4 heteroatoms. The summed E-state index contributed by atoms with van der Waals surface area (Å²) in [7, 11) is 0. The number of carbonyl (C=O) groups excluding carboxylic acids is 2. The van der Waals surface area contributed by atoms with Gasteiger partial charge < -0.3 is 9.84 Å². The number of rotatable bonds is 5. The summed E-state index contributed by atoms with van der Waals surface area (Å²) in [5.74, 6) is 0.168. The molecule has 0 unspecified atom stereocenters. The van der Waals surface area contributed by atoms with Crippen molar-refractivity contribution in [3.63, 3.8) is 0 Å². The lowest BCUT2D eigenvalue weighted by atomic mass is 9.46. The summed E-state index contributed by atoms with van der Waals surface area (Å²) >= 11 is 0. The van der Waals surface area contributed by atoms with E-state index in [0.717, 1.165) is 18.4 Å². The van der Waals surface area contributed by atoms with Crippen molar-refractivity contribution < 1.29 is 19.4 Å². The van der Waals surface area contributed by atoms with Crippen LogP contribution in [-0.4, -0.2) is 28.6 Å². The molecule has 0 aliphatic heterocycles. The molecule has 0 aromatic rings. The van der Waals surface area contributed by atoms with Crippen LogP contribution in [0.3, 0.4) is 0 Å². The van der Waals surface area contributed by atoms with Crippen LogP contribution in [0.15, 0.2) is 24.3 Å². The molecule has 4 nitrogen and oxygen atoms in total. The fraction of sp³-hybridized carbons (Fsp3) is 0.727. The second-order valence-electron chi connectivity index (χ2n) is 9.18. The van der Waals surface area contributed by atoms with Crippen LogP contribution in [0.25, 0.3) is 0 Å². The molecule has 26 heavy (non-hydrogen) atoms. The molecule has 1 N–H and O–H groups in total. The minimum Gasteiger partial charge on any atom is -0.462 e. The van der Waals surface area contributed by atoms with Crippen LogP contribution in [0.1, 0.15) is 67.2 Å². The van der Waals surface area contributed by atoms with Crippen LogP contribution in [-0.2, 0) is 14.3 Å². The summed E-state index contributed by atoms with van der Waals surface area (Å²) in [6.45, 7) is 15.5. The third kappa shape index (κ3) is 3.66. The number of fused-ring (bicyclic) bond motifs is 1. The summed E-state index contributed by atoms with van der Waals surface area (Å²) in [6.07, 6.45) is 5.70. The highest BCUT2D eigenvalue weighted by Gasteiger charge is 2.58. The first-order valence-electron chi connectivity index (χ1n) is 9.60. The molecule has 0 saturated heterocycles. The molecule has 0 radical (unpaired) electrons. The molecule has 0 bridgehead atoms. The standard InChI is InChI=1S/C22H34O4/c1-8-20(5,25)9-10-21(6)15(3)18(26-16(4)23)13-22(7)14(2)11-17(24)12-19(21)22/h8,11,15,18-19,25H,1,9-10,12-13H2,2-7H3/t15-,18+,19-,20+,21+,22-/m0/s1. The minimum absolute atomic E-state index is 0.101.